The molecule has 1 aliphatic carbocycles. The Hall–Kier alpha value is -5.52. The second-order valence-corrected chi connectivity index (χ2v) is 13.6. The van der Waals surface area contributed by atoms with Crippen LogP contribution in [0.5, 0.6) is 0 Å². The maximum Gasteiger partial charge on any atom is 0.235 e. The van der Waals surface area contributed by atoms with Gasteiger partial charge in [0.2, 0.25) is 5.95 Å². The summed E-state index contributed by atoms with van der Waals surface area (Å²) in [6.07, 6.45) is 2.17. The molecule has 5 aromatic carbocycles. The summed E-state index contributed by atoms with van der Waals surface area (Å²) in [5.74, 6) is 0.693. The molecule has 0 bridgehead atoms. The van der Waals surface area contributed by atoms with E-state index in [-0.39, 0.29) is 5.41 Å². The van der Waals surface area contributed by atoms with E-state index >= 15 is 0 Å². The number of hydrogen-bond acceptors (Lipinski definition) is 3. The predicted octanol–water partition coefficient (Wildman–Crippen LogP) is 10.7. The fourth-order valence-electron chi connectivity index (χ4n) is 7.88. The largest absolute Gasteiger partial charge is 0.316 e. The Morgan fingerprint density at radius 2 is 1.39 bits per heavy atom. The molecule has 0 spiro atoms. The molecular formula is C41H28N4S. The van der Waals surface area contributed by atoms with Gasteiger partial charge in [0.15, 0.2) is 0 Å². The second kappa shape index (κ2) is 9.25. The van der Waals surface area contributed by atoms with Crippen LogP contribution in [0.3, 0.4) is 0 Å². The molecule has 0 radical (unpaired) electrons. The molecule has 0 saturated carbocycles. The van der Waals surface area contributed by atoms with E-state index in [4.69, 9.17) is 9.97 Å². The van der Waals surface area contributed by atoms with E-state index in [9.17, 15) is 0 Å². The maximum atomic E-state index is 5.52. The lowest BCUT2D eigenvalue weighted by atomic mass is 9.79. The van der Waals surface area contributed by atoms with Crippen molar-refractivity contribution < 1.29 is 0 Å². The van der Waals surface area contributed by atoms with Crippen LogP contribution in [0.15, 0.2) is 133 Å². The van der Waals surface area contributed by atoms with Crippen molar-refractivity contribution in [1.82, 2.24) is 19.1 Å². The molecule has 0 unspecified atom stereocenters. The minimum Gasteiger partial charge on any atom is -0.316 e. The Kier molecular flexibility index (Phi) is 5.18. The van der Waals surface area contributed by atoms with Gasteiger partial charge in [0, 0.05) is 39.0 Å². The molecule has 0 aliphatic heterocycles. The number of thiophene rings is 1. The van der Waals surface area contributed by atoms with E-state index in [1.807, 2.05) is 0 Å². The highest BCUT2D eigenvalue weighted by molar-refractivity contribution is 7.17. The molecule has 1 aliphatic rings. The number of para-hydroxylation sites is 2. The zero-order valence-electron chi connectivity index (χ0n) is 25.4. The molecule has 4 aromatic heterocycles. The average molecular weight is 609 g/mol. The standard InChI is InChI=1S/C41H28N4S/c1-41(2)32-17-8-6-13-26(32)28-15-10-16-31(36(28)41)37-39-33(22-24-46-39)42-40(43-37)45-35-18-9-7-14-27(35)29-19-20-34-30(38(29)45)21-23-44(34)25-11-4-3-5-12-25/h3-24H,1-2H3. The van der Waals surface area contributed by atoms with Crippen LogP contribution in [0, 0.1) is 0 Å². The lowest BCUT2D eigenvalue weighted by molar-refractivity contribution is 0.662. The SMILES string of the molecule is CC1(C)c2ccccc2-c2cccc(-c3nc(-n4c5ccccc5c5ccc6c(ccn6-c6ccccc6)c54)nc4ccsc34)c21. The zero-order chi connectivity index (χ0) is 30.6. The molecule has 0 atom stereocenters. The number of hydrogen-bond donors (Lipinski definition) is 0. The third-order valence-corrected chi connectivity index (χ3v) is 10.8. The molecule has 4 heterocycles. The highest BCUT2D eigenvalue weighted by Crippen LogP contribution is 2.52. The molecule has 218 valence electrons. The molecule has 5 heteroatoms. The van der Waals surface area contributed by atoms with Gasteiger partial charge >= 0.3 is 0 Å². The van der Waals surface area contributed by atoms with Crippen molar-refractivity contribution >= 4 is 54.3 Å². The van der Waals surface area contributed by atoms with Crippen LogP contribution < -0.4 is 0 Å². The Balaban J connectivity index is 1.29. The number of aromatic nitrogens is 4. The van der Waals surface area contributed by atoms with Crippen molar-refractivity contribution in [2.45, 2.75) is 19.3 Å². The normalized spacial score (nSPS) is 13.6. The van der Waals surface area contributed by atoms with Crippen LogP contribution in [-0.2, 0) is 5.41 Å². The van der Waals surface area contributed by atoms with Crippen LogP contribution in [0.1, 0.15) is 25.0 Å². The summed E-state index contributed by atoms with van der Waals surface area (Å²) in [6, 6.07) is 43.5. The second-order valence-electron chi connectivity index (χ2n) is 12.7. The third kappa shape index (κ3) is 3.38. The van der Waals surface area contributed by atoms with Gasteiger partial charge in [-0.05, 0) is 64.0 Å². The predicted molar refractivity (Wildman–Crippen MR) is 192 cm³/mol. The minimum absolute atomic E-state index is 0.156. The first-order chi connectivity index (χ1) is 22.6. The lowest BCUT2D eigenvalue weighted by Gasteiger charge is -2.24. The summed E-state index contributed by atoms with van der Waals surface area (Å²) in [7, 11) is 0. The van der Waals surface area contributed by atoms with Crippen molar-refractivity contribution in [3.05, 3.63) is 144 Å². The van der Waals surface area contributed by atoms with E-state index in [1.54, 1.807) is 11.3 Å². The molecule has 0 N–H and O–H groups in total. The molecule has 9 aromatic rings. The summed E-state index contributed by atoms with van der Waals surface area (Å²) in [6.45, 7) is 4.69. The molecule has 0 amide bonds. The molecule has 0 saturated heterocycles. The number of nitrogens with zero attached hydrogens (tertiary/aromatic N) is 4. The van der Waals surface area contributed by atoms with Gasteiger partial charge < -0.3 is 4.57 Å². The van der Waals surface area contributed by atoms with Crippen molar-refractivity contribution in [2.24, 2.45) is 0 Å². The molecule has 0 fully saturated rings. The van der Waals surface area contributed by atoms with Gasteiger partial charge in [0.25, 0.3) is 0 Å². The lowest BCUT2D eigenvalue weighted by Crippen LogP contribution is -2.16. The van der Waals surface area contributed by atoms with Crippen LogP contribution in [0.25, 0.3) is 76.9 Å². The van der Waals surface area contributed by atoms with Crippen LogP contribution in [0.2, 0.25) is 0 Å². The van der Waals surface area contributed by atoms with Gasteiger partial charge in [-0.15, -0.1) is 11.3 Å². The Morgan fingerprint density at radius 1 is 0.609 bits per heavy atom. The first kappa shape index (κ1) is 25.8. The van der Waals surface area contributed by atoms with E-state index in [0.29, 0.717) is 5.95 Å². The van der Waals surface area contributed by atoms with Gasteiger partial charge in [-0.3, -0.25) is 4.57 Å². The molecule has 10 rings (SSSR count). The maximum absolute atomic E-state index is 5.52. The van der Waals surface area contributed by atoms with Crippen LogP contribution >= 0.6 is 11.3 Å². The number of fused-ring (bicyclic) bond motifs is 9. The summed E-state index contributed by atoms with van der Waals surface area (Å²) in [5, 5.41) is 5.70. The first-order valence-corrected chi connectivity index (χ1v) is 16.6. The summed E-state index contributed by atoms with van der Waals surface area (Å²) in [4.78, 5) is 10.8. The fourth-order valence-corrected chi connectivity index (χ4v) is 8.71. The minimum atomic E-state index is -0.156. The van der Waals surface area contributed by atoms with Gasteiger partial charge in [-0.2, -0.15) is 0 Å². The number of benzene rings is 5. The monoisotopic (exact) mass is 608 g/mol. The number of rotatable bonds is 3. The van der Waals surface area contributed by atoms with Crippen LogP contribution in [-0.4, -0.2) is 19.1 Å². The van der Waals surface area contributed by atoms with Crippen molar-refractivity contribution in [2.75, 3.05) is 0 Å². The van der Waals surface area contributed by atoms with Gasteiger partial charge in [-0.1, -0.05) is 98.8 Å². The summed E-state index contributed by atoms with van der Waals surface area (Å²) in [5.41, 5.74) is 12.8. The fraction of sp³-hybridized carbons (Fsp3) is 0.0732. The molecule has 46 heavy (non-hydrogen) atoms. The highest BCUT2D eigenvalue weighted by Gasteiger charge is 2.38. The van der Waals surface area contributed by atoms with E-state index < -0.39 is 0 Å². The molecule has 4 nitrogen and oxygen atoms in total. The highest BCUT2D eigenvalue weighted by atomic mass is 32.1. The molecular weight excluding hydrogens is 581 g/mol. The van der Waals surface area contributed by atoms with Crippen molar-refractivity contribution in [1.29, 1.82) is 0 Å². The average Bonchev–Trinajstić information content (AvgIpc) is 3.87. The van der Waals surface area contributed by atoms with E-state index in [0.717, 1.165) is 38.1 Å². The van der Waals surface area contributed by atoms with Gasteiger partial charge in [0.1, 0.15) is 0 Å². The summed E-state index contributed by atoms with van der Waals surface area (Å²) < 4.78 is 5.66. The van der Waals surface area contributed by atoms with Crippen molar-refractivity contribution in [3.8, 4) is 34.0 Å². The Morgan fingerprint density at radius 3 is 2.30 bits per heavy atom. The Bertz CT molecular complexity index is 2670. The van der Waals surface area contributed by atoms with Gasteiger partial charge in [-0.25, -0.2) is 9.97 Å². The van der Waals surface area contributed by atoms with Crippen molar-refractivity contribution in [3.63, 3.8) is 0 Å². The summed E-state index contributed by atoms with van der Waals surface area (Å²) >= 11 is 1.72. The zero-order valence-corrected chi connectivity index (χ0v) is 26.2. The smallest absolute Gasteiger partial charge is 0.235 e. The van der Waals surface area contributed by atoms with Crippen LogP contribution in [0.4, 0.5) is 0 Å². The third-order valence-electron chi connectivity index (χ3n) is 9.86. The topological polar surface area (TPSA) is 35.6 Å². The van der Waals surface area contributed by atoms with E-state index in [1.165, 1.54) is 44.0 Å². The van der Waals surface area contributed by atoms with E-state index in [2.05, 4.69) is 156 Å². The first-order valence-electron chi connectivity index (χ1n) is 15.7. The Labute approximate surface area is 269 Å². The quantitative estimate of drug-likeness (QED) is 0.200. The van der Waals surface area contributed by atoms with Gasteiger partial charge in [0.05, 0.1) is 32.5 Å².